The van der Waals surface area contributed by atoms with Crippen molar-refractivity contribution in [1.29, 1.82) is 0 Å². The molecule has 0 bridgehead atoms. The summed E-state index contributed by atoms with van der Waals surface area (Å²) in [5.41, 5.74) is 0. The van der Waals surface area contributed by atoms with Crippen LogP contribution in [0.15, 0.2) is 12.0 Å². The van der Waals surface area contributed by atoms with Crippen LogP contribution in [0.2, 0.25) is 0 Å². The van der Waals surface area contributed by atoms with Crippen molar-refractivity contribution in [2.24, 2.45) is 0 Å². The molecule has 0 aromatic rings. The Bertz CT molecular complexity index is 157. The predicted molar refractivity (Wildman–Crippen MR) is 43.9 cm³/mol. The first-order chi connectivity index (χ1) is 4.97. The lowest BCUT2D eigenvalue weighted by atomic mass is 10.8. The molecule has 0 saturated carbocycles. The molecule has 0 saturated heterocycles. The molecule has 0 aliphatic rings. The van der Waals surface area contributed by atoms with E-state index in [1.165, 1.54) is 0 Å². The minimum Gasteiger partial charge on any atom is -0.382 e. The van der Waals surface area contributed by atoms with Crippen LogP contribution in [0.5, 0.6) is 0 Å². The van der Waals surface area contributed by atoms with Crippen LogP contribution in [0, 0.1) is 0 Å². The van der Waals surface area contributed by atoms with E-state index in [0.717, 1.165) is 13.2 Å². The van der Waals surface area contributed by atoms with Crippen molar-refractivity contribution in [3.8, 4) is 0 Å². The summed E-state index contributed by atoms with van der Waals surface area (Å²) >= 11 is 0. The molecule has 4 nitrogen and oxygen atoms in total. The maximum Gasteiger partial charge on any atom is 0.287 e. The largest absolute Gasteiger partial charge is 0.382 e. The van der Waals surface area contributed by atoms with Gasteiger partial charge in [0.2, 0.25) is 0 Å². The van der Waals surface area contributed by atoms with Crippen molar-refractivity contribution < 1.29 is 17.7 Å². The Morgan fingerprint density at radius 1 is 1.45 bits per heavy atom. The zero-order valence-electron chi connectivity index (χ0n) is 6.78. The molecule has 68 valence electrons. The normalized spacial score (nSPS) is 9.73. The molecule has 0 aromatic heterocycles. The summed E-state index contributed by atoms with van der Waals surface area (Å²) < 4.78 is 31.4. The SMILES string of the molecule is C=CS(=O)(=O)O.CCOCC. The Kier molecular flexibility index (Phi) is 9.27. The van der Waals surface area contributed by atoms with E-state index in [1.54, 1.807) is 0 Å². The zero-order chi connectivity index (χ0) is 9.33. The van der Waals surface area contributed by atoms with Crippen LogP contribution in [0.4, 0.5) is 0 Å². The van der Waals surface area contributed by atoms with Crippen molar-refractivity contribution in [2.75, 3.05) is 13.2 Å². The Morgan fingerprint density at radius 3 is 1.73 bits per heavy atom. The third-order valence-corrected chi connectivity index (χ3v) is 1.04. The van der Waals surface area contributed by atoms with Crippen LogP contribution in [0.25, 0.3) is 0 Å². The first-order valence-electron chi connectivity index (χ1n) is 3.15. The molecule has 0 heterocycles. The molecule has 0 aliphatic carbocycles. The summed E-state index contributed by atoms with van der Waals surface area (Å²) in [6.45, 7) is 8.46. The van der Waals surface area contributed by atoms with E-state index in [1.807, 2.05) is 13.8 Å². The molecular weight excluding hydrogens is 168 g/mol. The minimum absolute atomic E-state index is 0.465. The topological polar surface area (TPSA) is 63.6 Å². The summed E-state index contributed by atoms with van der Waals surface area (Å²) in [5.74, 6) is 0. The van der Waals surface area contributed by atoms with Crippen molar-refractivity contribution in [3.63, 3.8) is 0 Å². The van der Waals surface area contributed by atoms with E-state index >= 15 is 0 Å². The lowest BCUT2D eigenvalue weighted by Gasteiger charge is -1.86. The van der Waals surface area contributed by atoms with Gasteiger partial charge in [-0.1, -0.05) is 6.58 Å². The third kappa shape index (κ3) is 26.2. The second kappa shape index (κ2) is 7.71. The first-order valence-corrected chi connectivity index (χ1v) is 4.65. The molecule has 0 spiro atoms. The fraction of sp³-hybridized carbons (Fsp3) is 0.667. The van der Waals surface area contributed by atoms with Crippen LogP contribution in [0.3, 0.4) is 0 Å². The van der Waals surface area contributed by atoms with E-state index in [9.17, 15) is 8.42 Å². The van der Waals surface area contributed by atoms with Gasteiger partial charge in [0.15, 0.2) is 0 Å². The molecule has 1 N–H and O–H groups in total. The van der Waals surface area contributed by atoms with Crippen molar-refractivity contribution >= 4 is 10.1 Å². The van der Waals surface area contributed by atoms with Gasteiger partial charge in [-0.25, -0.2) is 0 Å². The number of hydrogen-bond donors (Lipinski definition) is 1. The van der Waals surface area contributed by atoms with Crippen LogP contribution in [0.1, 0.15) is 13.8 Å². The summed E-state index contributed by atoms with van der Waals surface area (Å²) in [5, 5.41) is 0.465. The first kappa shape index (κ1) is 13.2. The molecule has 0 rings (SSSR count). The second-order valence-corrected chi connectivity index (χ2v) is 2.83. The van der Waals surface area contributed by atoms with E-state index < -0.39 is 10.1 Å². The Balaban J connectivity index is 0. The van der Waals surface area contributed by atoms with E-state index in [4.69, 9.17) is 9.29 Å². The van der Waals surface area contributed by atoms with Crippen LogP contribution < -0.4 is 0 Å². The quantitative estimate of drug-likeness (QED) is 0.663. The fourth-order valence-electron chi connectivity index (χ4n) is 0.204. The summed E-state index contributed by atoms with van der Waals surface area (Å²) in [6.07, 6.45) is 0. The highest BCUT2D eigenvalue weighted by atomic mass is 32.2. The number of hydrogen-bond acceptors (Lipinski definition) is 3. The molecule has 11 heavy (non-hydrogen) atoms. The molecule has 0 fully saturated rings. The van der Waals surface area contributed by atoms with Crippen molar-refractivity contribution in [2.45, 2.75) is 13.8 Å². The molecule has 0 aromatic carbocycles. The molecule has 0 atom stereocenters. The molecule has 0 unspecified atom stereocenters. The van der Waals surface area contributed by atoms with Gasteiger partial charge in [-0.15, -0.1) is 0 Å². The Labute approximate surface area is 67.6 Å². The zero-order valence-corrected chi connectivity index (χ0v) is 7.60. The maximum absolute atomic E-state index is 9.44. The number of ether oxygens (including phenoxy) is 1. The predicted octanol–water partition coefficient (Wildman–Crippen LogP) is 1.06. The van der Waals surface area contributed by atoms with E-state index in [-0.39, 0.29) is 0 Å². The van der Waals surface area contributed by atoms with Crippen molar-refractivity contribution in [3.05, 3.63) is 12.0 Å². The van der Waals surface area contributed by atoms with Gasteiger partial charge in [-0.2, -0.15) is 8.42 Å². The molecule has 0 aliphatic heterocycles. The highest BCUT2D eigenvalue weighted by Crippen LogP contribution is 1.75. The van der Waals surface area contributed by atoms with Gasteiger partial charge in [-0.05, 0) is 13.8 Å². The highest BCUT2D eigenvalue weighted by Gasteiger charge is 1.87. The Morgan fingerprint density at radius 2 is 1.73 bits per heavy atom. The van der Waals surface area contributed by atoms with Gasteiger partial charge in [0.25, 0.3) is 10.1 Å². The highest BCUT2D eigenvalue weighted by molar-refractivity contribution is 7.88. The van der Waals surface area contributed by atoms with E-state index in [2.05, 4.69) is 6.58 Å². The third-order valence-electron chi connectivity index (χ3n) is 0.619. The number of rotatable bonds is 3. The lowest BCUT2D eigenvalue weighted by molar-refractivity contribution is 0.162. The fourth-order valence-corrected chi connectivity index (χ4v) is 0.204. The van der Waals surface area contributed by atoms with Gasteiger partial charge in [0.1, 0.15) is 0 Å². The molecule has 0 radical (unpaired) electrons. The Hall–Kier alpha value is -0.390. The monoisotopic (exact) mass is 182 g/mol. The average Bonchev–Trinajstić information content (AvgIpc) is 1.90. The standard InChI is InChI=1S/C4H10O.C2H4O3S/c1-3-5-4-2;1-2-6(3,4)5/h3-4H2,1-2H3;2H,1H2,(H,3,4,5). The van der Waals surface area contributed by atoms with Crippen LogP contribution in [-0.2, 0) is 14.9 Å². The molecule has 0 amide bonds. The van der Waals surface area contributed by atoms with Gasteiger partial charge in [0.05, 0.1) is 5.41 Å². The maximum atomic E-state index is 9.44. The van der Waals surface area contributed by atoms with Gasteiger partial charge in [0, 0.05) is 13.2 Å². The van der Waals surface area contributed by atoms with Gasteiger partial charge < -0.3 is 4.74 Å². The van der Waals surface area contributed by atoms with Crippen LogP contribution in [-0.4, -0.2) is 26.2 Å². The summed E-state index contributed by atoms with van der Waals surface area (Å²) in [6, 6.07) is 0. The second-order valence-electron chi connectivity index (χ2n) is 1.46. The smallest absolute Gasteiger partial charge is 0.287 e. The van der Waals surface area contributed by atoms with Crippen molar-refractivity contribution in [1.82, 2.24) is 0 Å². The lowest BCUT2D eigenvalue weighted by Crippen LogP contribution is -1.86. The average molecular weight is 182 g/mol. The van der Waals surface area contributed by atoms with Crippen LogP contribution >= 0.6 is 0 Å². The summed E-state index contributed by atoms with van der Waals surface area (Å²) in [4.78, 5) is 0. The minimum atomic E-state index is -3.90. The molecule has 5 heteroatoms. The van der Waals surface area contributed by atoms with E-state index in [0.29, 0.717) is 5.41 Å². The van der Waals surface area contributed by atoms with Gasteiger partial charge in [-0.3, -0.25) is 4.55 Å². The van der Waals surface area contributed by atoms with Gasteiger partial charge >= 0.3 is 0 Å². The molecular formula is C6H14O4S. The summed E-state index contributed by atoms with van der Waals surface area (Å²) in [7, 11) is -3.90.